The number of aromatic nitrogens is 2. The summed E-state index contributed by atoms with van der Waals surface area (Å²) in [6.07, 6.45) is 0. The molecule has 0 aliphatic heterocycles. The molecule has 3 rings (SSSR count). The SMILES string of the molecule is N#CSc1nc2ccccc2c(=O)n1-c1ccc(Cl)cc1. The first-order valence-corrected chi connectivity index (χ1v) is 7.24. The summed E-state index contributed by atoms with van der Waals surface area (Å²) in [7, 11) is 0. The second-order valence-corrected chi connectivity index (χ2v) is 5.41. The van der Waals surface area contributed by atoms with Crippen LogP contribution >= 0.6 is 23.4 Å². The van der Waals surface area contributed by atoms with E-state index in [1.807, 2.05) is 11.5 Å². The molecule has 6 heteroatoms. The van der Waals surface area contributed by atoms with E-state index in [2.05, 4.69) is 4.98 Å². The Bertz CT molecular complexity index is 913. The lowest BCUT2D eigenvalue weighted by atomic mass is 10.2. The molecule has 3 aromatic rings. The maximum atomic E-state index is 12.7. The first-order chi connectivity index (χ1) is 10.2. The Labute approximate surface area is 129 Å². The predicted molar refractivity (Wildman–Crippen MR) is 83.8 cm³/mol. The fourth-order valence-electron chi connectivity index (χ4n) is 2.04. The third kappa shape index (κ3) is 2.51. The van der Waals surface area contributed by atoms with E-state index < -0.39 is 0 Å². The summed E-state index contributed by atoms with van der Waals surface area (Å²) in [6.45, 7) is 0. The Morgan fingerprint density at radius 3 is 2.57 bits per heavy atom. The van der Waals surface area contributed by atoms with Crippen LogP contribution in [0.25, 0.3) is 16.6 Å². The van der Waals surface area contributed by atoms with Gasteiger partial charge >= 0.3 is 0 Å². The number of nitriles is 1. The van der Waals surface area contributed by atoms with Gasteiger partial charge in [0.25, 0.3) is 5.56 Å². The van der Waals surface area contributed by atoms with Crippen LogP contribution < -0.4 is 5.56 Å². The standard InChI is InChI=1S/C15H8ClN3OS/c16-10-5-7-11(8-6-10)19-14(20)12-3-1-2-4-13(12)18-15(19)21-9-17/h1-8H. The van der Waals surface area contributed by atoms with Crippen molar-refractivity contribution in [1.82, 2.24) is 9.55 Å². The second kappa shape index (κ2) is 5.60. The van der Waals surface area contributed by atoms with Gasteiger partial charge < -0.3 is 0 Å². The lowest BCUT2D eigenvalue weighted by Gasteiger charge is -2.10. The molecule has 0 amide bonds. The van der Waals surface area contributed by atoms with E-state index in [9.17, 15) is 4.79 Å². The van der Waals surface area contributed by atoms with Crippen molar-refractivity contribution in [3.8, 4) is 11.1 Å². The summed E-state index contributed by atoms with van der Waals surface area (Å²) in [5.41, 5.74) is 0.992. The van der Waals surface area contributed by atoms with E-state index in [1.54, 1.807) is 42.5 Å². The highest BCUT2D eigenvalue weighted by atomic mass is 35.5. The lowest BCUT2D eigenvalue weighted by molar-refractivity contribution is 0.822. The molecule has 0 fully saturated rings. The Hall–Kier alpha value is -2.29. The van der Waals surface area contributed by atoms with Crippen molar-refractivity contribution in [1.29, 1.82) is 5.26 Å². The minimum atomic E-state index is -0.208. The van der Waals surface area contributed by atoms with Crippen LogP contribution in [0.3, 0.4) is 0 Å². The fraction of sp³-hybridized carbons (Fsp3) is 0. The van der Waals surface area contributed by atoms with Gasteiger partial charge in [-0.1, -0.05) is 23.7 Å². The van der Waals surface area contributed by atoms with E-state index in [0.717, 1.165) is 11.8 Å². The fourth-order valence-corrected chi connectivity index (χ4v) is 2.67. The van der Waals surface area contributed by atoms with E-state index in [0.29, 0.717) is 26.8 Å². The van der Waals surface area contributed by atoms with Crippen LogP contribution in [0.15, 0.2) is 58.5 Å². The summed E-state index contributed by atoms with van der Waals surface area (Å²) < 4.78 is 1.42. The molecule has 0 unspecified atom stereocenters. The summed E-state index contributed by atoms with van der Waals surface area (Å²) in [6, 6.07) is 13.9. The molecule has 0 aliphatic rings. The van der Waals surface area contributed by atoms with Crippen molar-refractivity contribution in [2.75, 3.05) is 0 Å². The molecule has 0 spiro atoms. The smallest absolute Gasteiger partial charge is 0.266 e. The molecule has 0 N–H and O–H groups in total. The van der Waals surface area contributed by atoms with Crippen molar-refractivity contribution in [2.24, 2.45) is 0 Å². The maximum absolute atomic E-state index is 12.7. The van der Waals surface area contributed by atoms with Gasteiger partial charge in [0.05, 0.1) is 16.6 Å². The van der Waals surface area contributed by atoms with Gasteiger partial charge in [-0.3, -0.25) is 9.36 Å². The Morgan fingerprint density at radius 2 is 1.86 bits per heavy atom. The average molecular weight is 314 g/mol. The zero-order chi connectivity index (χ0) is 14.8. The molecule has 0 saturated carbocycles. The molecule has 21 heavy (non-hydrogen) atoms. The van der Waals surface area contributed by atoms with Gasteiger partial charge in [-0.15, -0.1) is 0 Å². The number of fused-ring (bicyclic) bond motifs is 1. The molecule has 4 nitrogen and oxygen atoms in total. The summed E-state index contributed by atoms with van der Waals surface area (Å²) in [4.78, 5) is 17.1. The quantitative estimate of drug-likeness (QED) is 0.412. The van der Waals surface area contributed by atoms with Crippen LogP contribution in [-0.2, 0) is 0 Å². The largest absolute Gasteiger partial charge is 0.268 e. The lowest BCUT2D eigenvalue weighted by Crippen LogP contribution is -2.21. The number of hydrogen-bond donors (Lipinski definition) is 0. The Morgan fingerprint density at radius 1 is 1.14 bits per heavy atom. The van der Waals surface area contributed by atoms with Crippen LogP contribution in [0.5, 0.6) is 0 Å². The Balaban J connectivity index is 2.36. The molecule has 0 bridgehead atoms. The van der Waals surface area contributed by atoms with Crippen LogP contribution in [0, 0.1) is 10.7 Å². The molecule has 102 valence electrons. The highest BCUT2D eigenvalue weighted by Crippen LogP contribution is 2.21. The average Bonchev–Trinajstić information content (AvgIpc) is 2.49. The maximum Gasteiger partial charge on any atom is 0.266 e. The van der Waals surface area contributed by atoms with E-state index in [-0.39, 0.29) is 5.56 Å². The van der Waals surface area contributed by atoms with Gasteiger partial charge in [0.15, 0.2) is 5.16 Å². The summed E-state index contributed by atoms with van der Waals surface area (Å²) >= 11 is 6.73. The van der Waals surface area contributed by atoms with Crippen molar-refractivity contribution in [3.05, 3.63) is 63.9 Å². The monoisotopic (exact) mass is 313 g/mol. The highest BCUT2D eigenvalue weighted by molar-refractivity contribution is 8.03. The van der Waals surface area contributed by atoms with Crippen LogP contribution in [0.2, 0.25) is 5.02 Å². The Kier molecular flexibility index (Phi) is 3.65. The molecular formula is C15H8ClN3OS. The number of thioether (sulfide) groups is 1. The number of thiocyanates is 1. The molecule has 0 atom stereocenters. The van der Waals surface area contributed by atoms with Gasteiger partial charge in [-0.25, -0.2) is 4.98 Å². The normalized spacial score (nSPS) is 10.5. The number of para-hydroxylation sites is 1. The van der Waals surface area contributed by atoms with E-state index >= 15 is 0 Å². The number of halogens is 1. The third-order valence-corrected chi connectivity index (χ3v) is 3.77. The van der Waals surface area contributed by atoms with Gasteiger partial charge in [0, 0.05) is 16.8 Å². The second-order valence-electron chi connectivity index (χ2n) is 4.22. The molecule has 1 heterocycles. The number of benzene rings is 2. The minimum absolute atomic E-state index is 0.208. The highest BCUT2D eigenvalue weighted by Gasteiger charge is 2.12. The summed E-state index contributed by atoms with van der Waals surface area (Å²) in [5, 5.41) is 12.3. The molecule has 1 aromatic heterocycles. The molecule has 2 aromatic carbocycles. The van der Waals surface area contributed by atoms with Crippen molar-refractivity contribution in [3.63, 3.8) is 0 Å². The van der Waals surface area contributed by atoms with E-state index in [1.165, 1.54) is 4.57 Å². The zero-order valence-electron chi connectivity index (χ0n) is 10.7. The van der Waals surface area contributed by atoms with Crippen molar-refractivity contribution >= 4 is 34.3 Å². The first-order valence-electron chi connectivity index (χ1n) is 6.04. The molecule has 0 saturated heterocycles. The third-order valence-electron chi connectivity index (χ3n) is 2.97. The minimum Gasteiger partial charge on any atom is -0.268 e. The van der Waals surface area contributed by atoms with Crippen LogP contribution in [-0.4, -0.2) is 9.55 Å². The summed E-state index contributed by atoms with van der Waals surface area (Å²) in [5.74, 6) is 0. The molecular weight excluding hydrogens is 306 g/mol. The van der Waals surface area contributed by atoms with Crippen LogP contribution in [0.4, 0.5) is 0 Å². The number of rotatable bonds is 2. The van der Waals surface area contributed by atoms with Gasteiger partial charge in [0.2, 0.25) is 0 Å². The topological polar surface area (TPSA) is 58.7 Å². The van der Waals surface area contributed by atoms with Crippen molar-refractivity contribution < 1.29 is 0 Å². The zero-order valence-corrected chi connectivity index (χ0v) is 12.2. The van der Waals surface area contributed by atoms with Gasteiger partial charge in [-0.2, -0.15) is 5.26 Å². The number of hydrogen-bond acceptors (Lipinski definition) is 4. The van der Waals surface area contributed by atoms with Gasteiger partial charge in [-0.05, 0) is 36.4 Å². The molecule has 0 radical (unpaired) electrons. The number of nitrogens with zero attached hydrogens (tertiary/aromatic N) is 3. The first kappa shape index (κ1) is 13.7. The molecule has 0 aliphatic carbocycles. The van der Waals surface area contributed by atoms with Crippen LogP contribution in [0.1, 0.15) is 0 Å². The predicted octanol–water partition coefficient (Wildman–Crippen LogP) is 3.61. The van der Waals surface area contributed by atoms with E-state index in [4.69, 9.17) is 16.9 Å². The van der Waals surface area contributed by atoms with Gasteiger partial charge in [0.1, 0.15) is 5.40 Å². The van der Waals surface area contributed by atoms with Crippen molar-refractivity contribution in [2.45, 2.75) is 5.16 Å².